The van der Waals surface area contributed by atoms with Crippen LogP contribution in [0.4, 0.5) is 11.4 Å². The molecule has 0 saturated heterocycles. The van der Waals surface area contributed by atoms with Crippen molar-refractivity contribution in [1.82, 2.24) is 4.31 Å². The van der Waals surface area contributed by atoms with Gasteiger partial charge >= 0.3 is 10.2 Å². The van der Waals surface area contributed by atoms with E-state index < -0.39 is 10.2 Å². The van der Waals surface area contributed by atoms with Gasteiger partial charge < -0.3 is 4.90 Å². The van der Waals surface area contributed by atoms with Crippen molar-refractivity contribution >= 4 is 27.5 Å². The van der Waals surface area contributed by atoms with Crippen molar-refractivity contribution in [3.63, 3.8) is 0 Å². The minimum atomic E-state index is -3.83. The van der Waals surface area contributed by atoms with Gasteiger partial charge in [0.1, 0.15) is 6.54 Å². The van der Waals surface area contributed by atoms with Crippen molar-refractivity contribution in [2.75, 3.05) is 29.8 Å². The molecule has 0 spiro atoms. The van der Waals surface area contributed by atoms with Gasteiger partial charge in [-0.1, -0.05) is 30.3 Å². The second-order valence-electron chi connectivity index (χ2n) is 7.53. The molecule has 0 radical (unpaired) electrons. The van der Waals surface area contributed by atoms with E-state index in [9.17, 15) is 13.2 Å². The van der Waals surface area contributed by atoms with Gasteiger partial charge in [-0.25, -0.2) is 4.31 Å². The number of benzene rings is 2. The molecule has 1 amide bonds. The molecular weight excluding hydrogens is 374 g/mol. The molecule has 0 fully saturated rings. The van der Waals surface area contributed by atoms with Gasteiger partial charge in [-0.05, 0) is 56.0 Å². The Morgan fingerprint density at radius 1 is 1.14 bits per heavy atom. The molecule has 0 bridgehead atoms. The van der Waals surface area contributed by atoms with Gasteiger partial charge in [-0.3, -0.25) is 4.79 Å². The Morgan fingerprint density at radius 2 is 1.82 bits per heavy atom. The Labute approximate surface area is 167 Å². The Balaban J connectivity index is 2.01. The first-order valence-corrected chi connectivity index (χ1v) is 10.7. The summed E-state index contributed by atoms with van der Waals surface area (Å²) in [5, 5.41) is 0. The molecule has 0 aromatic heterocycles. The molecule has 7 heteroatoms. The molecular formula is C21H27N3O3S. The van der Waals surface area contributed by atoms with Gasteiger partial charge in [-0.15, -0.1) is 0 Å². The summed E-state index contributed by atoms with van der Waals surface area (Å²) in [4.78, 5) is 15.0. The highest BCUT2D eigenvalue weighted by molar-refractivity contribution is 7.90. The van der Waals surface area contributed by atoms with Crippen LogP contribution in [0.1, 0.15) is 23.6 Å². The normalized spacial score (nSPS) is 16.4. The zero-order chi connectivity index (χ0) is 20.6. The molecule has 0 N–H and O–H groups in total. The van der Waals surface area contributed by atoms with E-state index >= 15 is 0 Å². The molecule has 2 aromatic rings. The van der Waals surface area contributed by atoms with Crippen molar-refractivity contribution in [1.29, 1.82) is 0 Å². The molecule has 1 heterocycles. The minimum absolute atomic E-state index is 0.00702. The van der Waals surface area contributed by atoms with Crippen LogP contribution in [0.15, 0.2) is 42.5 Å². The minimum Gasteiger partial charge on any atom is -0.307 e. The predicted octanol–water partition coefficient (Wildman–Crippen LogP) is 2.89. The average molecular weight is 402 g/mol. The van der Waals surface area contributed by atoms with E-state index in [1.165, 1.54) is 18.4 Å². The smallest absolute Gasteiger partial charge is 0.304 e. The summed E-state index contributed by atoms with van der Waals surface area (Å²) in [5.74, 6) is -0.233. The second kappa shape index (κ2) is 7.56. The molecule has 150 valence electrons. The maximum Gasteiger partial charge on any atom is 0.304 e. The van der Waals surface area contributed by atoms with Gasteiger partial charge in [0.2, 0.25) is 5.91 Å². The number of hydrogen-bond acceptors (Lipinski definition) is 3. The molecule has 0 unspecified atom stereocenters. The first-order chi connectivity index (χ1) is 13.1. The summed E-state index contributed by atoms with van der Waals surface area (Å²) in [6, 6.07) is 13.4. The quantitative estimate of drug-likeness (QED) is 0.774. The molecule has 28 heavy (non-hydrogen) atoms. The lowest BCUT2D eigenvalue weighted by atomic mass is 10.1. The summed E-state index contributed by atoms with van der Waals surface area (Å²) in [6.07, 6.45) is 0.770. The summed E-state index contributed by atoms with van der Waals surface area (Å²) < 4.78 is 28.5. The fourth-order valence-electron chi connectivity index (χ4n) is 3.62. The number of rotatable bonds is 5. The van der Waals surface area contributed by atoms with Crippen LogP contribution in [0.3, 0.4) is 0 Å². The largest absolute Gasteiger partial charge is 0.307 e. The molecule has 3 rings (SSSR count). The predicted molar refractivity (Wildman–Crippen MR) is 113 cm³/mol. The summed E-state index contributed by atoms with van der Waals surface area (Å²) in [6.45, 7) is 5.50. The van der Waals surface area contributed by atoms with Crippen molar-refractivity contribution in [2.24, 2.45) is 0 Å². The fraction of sp³-hybridized carbons (Fsp3) is 0.381. The van der Waals surface area contributed by atoms with E-state index in [1.54, 1.807) is 4.90 Å². The summed E-state index contributed by atoms with van der Waals surface area (Å²) >= 11 is 0. The molecule has 0 saturated carbocycles. The summed E-state index contributed by atoms with van der Waals surface area (Å²) in [5.41, 5.74) is 4.24. The van der Waals surface area contributed by atoms with Crippen LogP contribution in [-0.2, 0) is 21.4 Å². The highest BCUT2D eigenvalue weighted by Crippen LogP contribution is 2.33. The zero-order valence-electron chi connectivity index (χ0n) is 17.0. The average Bonchev–Trinajstić information content (AvgIpc) is 2.97. The van der Waals surface area contributed by atoms with Crippen LogP contribution >= 0.6 is 0 Å². The van der Waals surface area contributed by atoms with E-state index in [-0.39, 0.29) is 18.5 Å². The molecule has 1 aliphatic rings. The number of aryl methyl sites for hydroxylation is 2. The molecule has 1 aliphatic heterocycles. The third kappa shape index (κ3) is 3.64. The van der Waals surface area contributed by atoms with Gasteiger partial charge in [0.25, 0.3) is 0 Å². The van der Waals surface area contributed by atoms with Crippen LogP contribution in [0.2, 0.25) is 0 Å². The lowest BCUT2D eigenvalue weighted by Gasteiger charge is -2.31. The highest BCUT2D eigenvalue weighted by atomic mass is 32.2. The van der Waals surface area contributed by atoms with Crippen molar-refractivity contribution in [2.45, 2.75) is 33.2 Å². The van der Waals surface area contributed by atoms with Crippen molar-refractivity contribution < 1.29 is 13.2 Å². The van der Waals surface area contributed by atoms with Gasteiger partial charge in [0.05, 0.1) is 5.69 Å². The number of carbonyl (C=O) groups excluding carboxylic acids is 1. The maximum absolute atomic E-state index is 13.3. The molecule has 0 aliphatic carbocycles. The number of carbonyl (C=O) groups is 1. The first kappa shape index (κ1) is 20.4. The van der Waals surface area contributed by atoms with Crippen LogP contribution in [0.5, 0.6) is 0 Å². The second-order valence-corrected chi connectivity index (χ2v) is 9.60. The Morgan fingerprint density at radius 3 is 2.50 bits per heavy atom. The molecule has 1 atom stereocenters. The number of hydrogen-bond donors (Lipinski definition) is 0. The van der Waals surface area contributed by atoms with E-state index in [1.807, 2.05) is 63.2 Å². The summed E-state index contributed by atoms with van der Waals surface area (Å²) in [7, 11) is -0.876. The lowest BCUT2D eigenvalue weighted by Crippen LogP contribution is -2.48. The number of amides is 1. The molecule has 2 aromatic carbocycles. The zero-order valence-corrected chi connectivity index (χ0v) is 17.8. The Kier molecular flexibility index (Phi) is 5.50. The maximum atomic E-state index is 13.3. The van der Waals surface area contributed by atoms with E-state index in [0.29, 0.717) is 5.69 Å². The van der Waals surface area contributed by atoms with Crippen LogP contribution in [0, 0.1) is 13.8 Å². The molecule has 6 nitrogen and oxygen atoms in total. The standard InChI is InChI=1S/C21H27N3O3S/c1-15-10-11-16(2)20(12-15)23(28(26,27)22(4)5)14-21(25)24-17(3)13-18-8-6-7-9-19(18)24/h6-12,17H,13-14H2,1-5H3/t17-/m0/s1. The monoisotopic (exact) mass is 401 g/mol. The van der Waals surface area contributed by atoms with Crippen LogP contribution in [-0.4, -0.2) is 45.3 Å². The third-order valence-corrected chi connectivity index (χ3v) is 6.93. The van der Waals surface area contributed by atoms with Gasteiger partial charge in [-0.2, -0.15) is 12.7 Å². The number of fused-ring (bicyclic) bond motifs is 1. The van der Waals surface area contributed by atoms with E-state index in [2.05, 4.69) is 0 Å². The third-order valence-electron chi connectivity index (χ3n) is 5.13. The highest BCUT2D eigenvalue weighted by Gasteiger charge is 2.35. The van der Waals surface area contributed by atoms with Gasteiger partial charge in [0.15, 0.2) is 0 Å². The van der Waals surface area contributed by atoms with Gasteiger partial charge in [0, 0.05) is 25.8 Å². The SMILES string of the molecule is Cc1ccc(C)c(N(CC(=O)N2c3ccccc3C[C@@H]2C)S(=O)(=O)N(C)C)c1. The van der Waals surface area contributed by atoms with E-state index in [4.69, 9.17) is 0 Å². The Hall–Kier alpha value is -2.38. The van der Waals surface area contributed by atoms with Crippen molar-refractivity contribution in [3.05, 3.63) is 59.2 Å². The lowest BCUT2D eigenvalue weighted by molar-refractivity contribution is -0.117. The number of anilines is 2. The van der Waals surface area contributed by atoms with Crippen LogP contribution in [0.25, 0.3) is 0 Å². The van der Waals surface area contributed by atoms with Crippen LogP contribution < -0.4 is 9.21 Å². The first-order valence-electron chi connectivity index (χ1n) is 9.30. The number of nitrogens with zero attached hydrogens (tertiary/aromatic N) is 3. The van der Waals surface area contributed by atoms with Crippen molar-refractivity contribution in [3.8, 4) is 0 Å². The Bertz CT molecular complexity index is 1000. The topological polar surface area (TPSA) is 60.9 Å². The number of para-hydroxylation sites is 1. The van der Waals surface area contributed by atoms with E-state index in [0.717, 1.165) is 33.1 Å². The fourth-order valence-corrected chi connectivity index (χ4v) is 4.73.